The molecule has 0 aliphatic rings. The maximum Gasteiger partial charge on any atom is 0.215 e. The number of nitrogens with one attached hydrogen (secondary N) is 1. The smallest absolute Gasteiger partial charge is 0.215 e. The van der Waals surface area contributed by atoms with E-state index in [1.54, 1.807) is 47.6 Å². The maximum absolute atomic E-state index is 11.9. The first-order valence-corrected chi connectivity index (χ1v) is 7.86. The first-order chi connectivity index (χ1) is 9.59. The summed E-state index contributed by atoms with van der Waals surface area (Å²) < 4.78 is 28.1. The lowest BCUT2D eigenvalue weighted by molar-refractivity contribution is 0.282. The number of imidazole rings is 1. The number of aliphatic hydroxyl groups excluding tert-OH is 1. The first kappa shape index (κ1) is 14.7. The van der Waals surface area contributed by atoms with Crippen molar-refractivity contribution in [3.63, 3.8) is 0 Å². The van der Waals surface area contributed by atoms with Gasteiger partial charge in [-0.3, -0.25) is 0 Å². The minimum atomic E-state index is -3.35. The van der Waals surface area contributed by atoms with Crippen molar-refractivity contribution < 1.29 is 13.5 Å². The van der Waals surface area contributed by atoms with E-state index in [0.29, 0.717) is 18.7 Å². The number of hydrogen-bond acceptors (Lipinski definition) is 4. The summed E-state index contributed by atoms with van der Waals surface area (Å²) >= 11 is 0. The molecule has 20 heavy (non-hydrogen) atoms. The zero-order valence-electron chi connectivity index (χ0n) is 10.9. The van der Waals surface area contributed by atoms with Gasteiger partial charge in [-0.05, 0) is 11.1 Å². The van der Waals surface area contributed by atoms with Crippen molar-refractivity contribution in [2.24, 2.45) is 0 Å². The lowest BCUT2D eigenvalue weighted by atomic mass is 10.2. The molecule has 0 aliphatic heterocycles. The molecule has 1 heterocycles. The topological polar surface area (TPSA) is 84.2 Å². The SMILES string of the molecule is O=S(=O)(Cc1ccc(CO)cc1)NCCn1ccnc1. The Balaban J connectivity index is 1.86. The molecule has 2 aromatic rings. The highest BCUT2D eigenvalue weighted by Gasteiger charge is 2.10. The molecule has 2 rings (SSSR count). The molecule has 0 fully saturated rings. The number of hydrogen-bond donors (Lipinski definition) is 2. The van der Waals surface area contributed by atoms with Gasteiger partial charge in [0.15, 0.2) is 0 Å². The second-order valence-electron chi connectivity index (χ2n) is 4.43. The van der Waals surface area contributed by atoms with Crippen LogP contribution < -0.4 is 4.72 Å². The van der Waals surface area contributed by atoms with Crippen LogP contribution in [0.3, 0.4) is 0 Å². The van der Waals surface area contributed by atoms with Crippen molar-refractivity contribution >= 4 is 10.0 Å². The Kier molecular flexibility index (Phi) is 4.89. The van der Waals surface area contributed by atoms with Crippen LogP contribution in [0.2, 0.25) is 0 Å². The van der Waals surface area contributed by atoms with Crippen LogP contribution >= 0.6 is 0 Å². The molecule has 0 spiro atoms. The highest BCUT2D eigenvalue weighted by atomic mass is 32.2. The van der Waals surface area contributed by atoms with Crippen LogP contribution in [0.15, 0.2) is 43.0 Å². The third-order valence-electron chi connectivity index (χ3n) is 2.81. The van der Waals surface area contributed by atoms with Gasteiger partial charge in [0, 0.05) is 25.5 Å². The standard InChI is InChI=1S/C13H17N3O3S/c17-9-12-1-3-13(4-2-12)10-20(18,19)15-6-8-16-7-5-14-11-16/h1-5,7,11,15,17H,6,8-10H2. The molecule has 0 radical (unpaired) electrons. The molecule has 0 amide bonds. The molecule has 0 atom stereocenters. The second kappa shape index (κ2) is 6.65. The van der Waals surface area contributed by atoms with E-state index < -0.39 is 10.0 Å². The third-order valence-corrected chi connectivity index (χ3v) is 4.17. The van der Waals surface area contributed by atoms with Gasteiger partial charge in [0.25, 0.3) is 0 Å². The number of nitrogens with zero attached hydrogens (tertiary/aromatic N) is 2. The molecule has 1 aromatic carbocycles. The summed E-state index contributed by atoms with van der Waals surface area (Å²) in [6, 6.07) is 6.86. The lowest BCUT2D eigenvalue weighted by Gasteiger charge is -2.07. The molecule has 0 bridgehead atoms. The summed E-state index contributed by atoms with van der Waals surface area (Å²) in [5, 5.41) is 8.93. The summed E-state index contributed by atoms with van der Waals surface area (Å²) in [6.45, 7) is 0.826. The van der Waals surface area contributed by atoms with Crippen LogP contribution in [0.5, 0.6) is 0 Å². The van der Waals surface area contributed by atoms with Gasteiger partial charge in [-0.2, -0.15) is 0 Å². The maximum atomic E-state index is 11.9. The van der Waals surface area contributed by atoms with Crippen molar-refractivity contribution in [2.75, 3.05) is 6.54 Å². The summed E-state index contributed by atoms with van der Waals surface area (Å²) in [4.78, 5) is 3.89. The Labute approximate surface area is 118 Å². The molecule has 6 nitrogen and oxygen atoms in total. The first-order valence-electron chi connectivity index (χ1n) is 6.21. The highest BCUT2D eigenvalue weighted by molar-refractivity contribution is 7.88. The van der Waals surface area contributed by atoms with Gasteiger partial charge in [0.05, 0.1) is 18.7 Å². The van der Waals surface area contributed by atoms with Crippen molar-refractivity contribution in [1.82, 2.24) is 14.3 Å². The van der Waals surface area contributed by atoms with E-state index in [0.717, 1.165) is 5.56 Å². The van der Waals surface area contributed by atoms with E-state index in [-0.39, 0.29) is 12.4 Å². The fourth-order valence-corrected chi connectivity index (χ4v) is 2.90. The fourth-order valence-electron chi connectivity index (χ4n) is 1.76. The highest BCUT2D eigenvalue weighted by Crippen LogP contribution is 2.07. The van der Waals surface area contributed by atoms with Crippen LogP contribution in [0.4, 0.5) is 0 Å². The van der Waals surface area contributed by atoms with Crippen molar-refractivity contribution in [3.05, 3.63) is 54.1 Å². The zero-order chi connectivity index (χ0) is 14.4. The van der Waals surface area contributed by atoms with E-state index in [1.165, 1.54) is 0 Å². The fraction of sp³-hybridized carbons (Fsp3) is 0.308. The van der Waals surface area contributed by atoms with Gasteiger partial charge < -0.3 is 9.67 Å². The predicted octanol–water partition coefficient (Wildman–Crippen LogP) is 0.495. The Morgan fingerprint density at radius 3 is 2.50 bits per heavy atom. The van der Waals surface area contributed by atoms with Gasteiger partial charge in [-0.25, -0.2) is 18.1 Å². The molecular formula is C13H17N3O3S. The number of sulfonamides is 1. The summed E-state index contributed by atoms with van der Waals surface area (Å²) in [5.74, 6) is -0.0668. The molecule has 0 saturated carbocycles. The van der Waals surface area contributed by atoms with Crippen LogP contribution in [-0.4, -0.2) is 29.6 Å². The third kappa shape index (κ3) is 4.44. The average Bonchev–Trinajstić information content (AvgIpc) is 2.92. The second-order valence-corrected chi connectivity index (χ2v) is 6.24. The average molecular weight is 295 g/mol. The van der Waals surface area contributed by atoms with E-state index in [2.05, 4.69) is 9.71 Å². The molecule has 0 saturated heterocycles. The minimum absolute atomic E-state index is 0.0455. The molecular weight excluding hydrogens is 278 g/mol. The quantitative estimate of drug-likeness (QED) is 0.779. The van der Waals surface area contributed by atoms with Crippen molar-refractivity contribution in [3.8, 4) is 0 Å². The zero-order valence-corrected chi connectivity index (χ0v) is 11.8. The van der Waals surface area contributed by atoms with Gasteiger partial charge in [0.2, 0.25) is 10.0 Å². The molecule has 7 heteroatoms. The Morgan fingerprint density at radius 2 is 1.90 bits per heavy atom. The normalized spacial score (nSPS) is 11.7. The molecule has 0 unspecified atom stereocenters. The summed E-state index contributed by atoms with van der Waals surface area (Å²) in [5.41, 5.74) is 1.46. The van der Waals surface area contributed by atoms with E-state index in [4.69, 9.17) is 5.11 Å². The summed E-state index contributed by atoms with van der Waals surface area (Å²) in [7, 11) is -3.35. The Bertz CT molecular complexity index is 621. The van der Waals surface area contributed by atoms with Crippen LogP contribution in [0.25, 0.3) is 0 Å². The number of rotatable bonds is 7. The Hall–Kier alpha value is -1.70. The van der Waals surface area contributed by atoms with Gasteiger partial charge >= 0.3 is 0 Å². The van der Waals surface area contributed by atoms with Gasteiger partial charge in [0.1, 0.15) is 0 Å². The lowest BCUT2D eigenvalue weighted by Crippen LogP contribution is -2.28. The Morgan fingerprint density at radius 1 is 1.20 bits per heavy atom. The van der Waals surface area contributed by atoms with E-state index in [1.807, 2.05) is 0 Å². The molecule has 0 aliphatic carbocycles. The van der Waals surface area contributed by atoms with Crippen LogP contribution in [0, 0.1) is 0 Å². The van der Waals surface area contributed by atoms with Gasteiger partial charge in [-0.1, -0.05) is 24.3 Å². The largest absolute Gasteiger partial charge is 0.392 e. The molecule has 2 N–H and O–H groups in total. The van der Waals surface area contributed by atoms with Crippen molar-refractivity contribution in [2.45, 2.75) is 18.9 Å². The van der Waals surface area contributed by atoms with Crippen LogP contribution in [0.1, 0.15) is 11.1 Å². The van der Waals surface area contributed by atoms with Gasteiger partial charge in [-0.15, -0.1) is 0 Å². The number of aromatic nitrogens is 2. The molecule has 1 aromatic heterocycles. The van der Waals surface area contributed by atoms with Crippen molar-refractivity contribution in [1.29, 1.82) is 0 Å². The monoisotopic (exact) mass is 295 g/mol. The van der Waals surface area contributed by atoms with E-state index in [9.17, 15) is 8.42 Å². The summed E-state index contributed by atoms with van der Waals surface area (Å²) in [6.07, 6.45) is 5.07. The minimum Gasteiger partial charge on any atom is -0.392 e. The number of benzene rings is 1. The van der Waals surface area contributed by atoms with Crippen LogP contribution in [-0.2, 0) is 28.9 Å². The number of aliphatic hydroxyl groups is 1. The molecule has 108 valence electrons. The predicted molar refractivity (Wildman–Crippen MR) is 75.2 cm³/mol. The van der Waals surface area contributed by atoms with E-state index >= 15 is 0 Å².